The molecule has 5 nitrogen and oxygen atoms in total. The number of hydrogen-bond acceptors (Lipinski definition) is 2. The minimum atomic E-state index is -0.151. The van der Waals surface area contributed by atoms with Crippen LogP contribution in [0.5, 0.6) is 5.75 Å². The van der Waals surface area contributed by atoms with Gasteiger partial charge in [0.25, 0.3) is 5.56 Å². The van der Waals surface area contributed by atoms with Gasteiger partial charge in [0, 0.05) is 22.7 Å². The number of rotatable bonds is 3. The van der Waals surface area contributed by atoms with Crippen molar-refractivity contribution in [3.05, 3.63) is 86.8 Å². The molecule has 0 saturated carbocycles. The van der Waals surface area contributed by atoms with Gasteiger partial charge in [-0.25, -0.2) is 0 Å². The lowest BCUT2D eigenvalue weighted by Gasteiger charge is -1.95. The van der Waals surface area contributed by atoms with E-state index >= 15 is 0 Å². The molecule has 2 aromatic heterocycles. The summed E-state index contributed by atoms with van der Waals surface area (Å²) in [5, 5.41) is 17.4. The smallest absolute Gasteiger partial charge is 0.271 e. The predicted molar refractivity (Wildman–Crippen MR) is 98.8 cm³/mol. The number of hydrogen-bond donors (Lipinski definition) is 4. The van der Waals surface area contributed by atoms with Crippen LogP contribution in [0.15, 0.2) is 59.5 Å². The molecule has 0 aliphatic heterocycles. The maximum atomic E-state index is 12.2. The molecule has 124 valence electrons. The molecule has 0 aliphatic rings. The van der Waals surface area contributed by atoms with Gasteiger partial charge in [0.05, 0.1) is 10.6 Å². The van der Waals surface area contributed by atoms with Crippen LogP contribution >= 0.6 is 0 Å². The van der Waals surface area contributed by atoms with Crippen molar-refractivity contribution >= 4 is 23.1 Å². The van der Waals surface area contributed by atoms with E-state index in [2.05, 4.69) is 15.2 Å². The highest BCUT2D eigenvalue weighted by atomic mass is 16.3. The molecule has 4 rings (SSSR count). The first-order chi connectivity index (χ1) is 12.2. The quantitative estimate of drug-likeness (QED) is 0.461. The summed E-state index contributed by atoms with van der Waals surface area (Å²) in [6.07, 6.45) is 6.41. The zero-order valence-electron chi connectivity index (χ0n) is 13.4. The SMILES string of the molecule is O=c1[nH][nH]c(=CCc2ccc(O)cc2)c1=Cc1c[nH]c2ccccc12. The van der Waals surface area contributed by atoms with Crippen molar-refractivity contribution < 1.29 is 5.11 Å². The Morgan fingerprint density at radius 3 is 2.64 bits per heavy atom. The minimum absolute atomic E-state index is 0.151. The number of aromatic nitrogens is 3. The number of benzene rings is 2. The van der Waals surface area contributed by atoms with E-state index in [0.29, 0.717) is 11.6 Å². The van der Waals surface area contributed by atoms with Crippen molar-refractivity contribution in [2.45, 2.75) is 6.42 Å². The number of phenolic OH excluding ortho intramolecular Hbond substituents is 1. The minimum Gasteiger partial charge on any atom is -0.508 e. The predicted octanol–water partition coefficient (Wildman–Crippen LogP) is 1.74. The second-order valence-corrected chi connectivity index (χ2v) is 5.92. The van der Waals surface area contributed by atoms with E-state index in [1.807, 2.05) is 54.7 Å². The summed E-state index contributed by atoms with van der Waals surface area (Å²) < 4.78 is 0. The molecule has 25 heavy (non-hydrogen) atoms. The Bertz CT molecular complexity index is 1190. The Hall–Kier alpha value is -3.47. The number of nitrogens with one attached hydrogen (secondary N) is 3. The largest absolute Gasteiger partial charge is 0.508 e. The molecule has 0 atom stereocenters. The van der Waals surface area contributed by atoms with Gasteiger partial charge in [-0.15, -0.1) is 0 Å². The summed E-state index contributed by atoms with van der Waals surface area (Å²) in [7, 11) is 0. The molecule has 2 heterocycles. The first kappa shape index (κ1) is 15.1. The zero-order chi connectivity index (χ0) is 17.2. The summed E-state index contributed by atoms with van der Waals surface area (Å²) in [5.41, 5.74) is 2.91. The van der Waals surface area contributed by atoms with Gasteiger partial charge in [-0.3, -0.25) is 15.0 Å². The number of H-pyrrole nitrogens is 3. The van der Waals surface area contributed by atoms with Crippen LogP contribution in [-0.4, -0.2) is 20.3 Å². The van der Waals surface area contributed by atoms with Gasteiger partial charge >= 0.3 is 0 Å². The number of aromatic amines is 3. The Balaban J connectivity index is 1.78. The lowest BCUT2D eigenvalue weighted by molar-refractivity contribution is 0.475. The summed E-state index contributed by atoms with van der Waals surface area (Å²) in [4.78, 5) is 15.4. The van der Waals surface area contributed by atoms with Crippen LogP contribution in [0.4, 0.5) is 0 Å². The summed E-state index contributed by atoms with van der Waals surface area (Å²) in [6, 6.07) is 15.0. The van der Waals surface area contributed by atoms with Gasteiger partial charge in [-0.1, -0.05) is 36.4 Å². The van der Waals surface area contributed by atoms with E-state index in [4.69, 9.17) is 0 Å². The molecule has 0 saturated heterocycles. The standard InChI is InChI=1S/C20H17N3O2/c24-15-8-5-13(6-9-15)7-10-19-17(20(25)23-22-19)11-14-12-21-18-4-2-1-3-16(14)18/h1-6,8-12,21-22,24H,7H2,(H,23,25). The molecule has 0 unspecified atom stereocenters. The highest BCUT2D eigenvalue weighted by molar-refractivity contribution is 5.88. The molecule has 2 aromatic carbocycles. The fourth-order valence-corrected chi connectivity index (χ4v) is 2.91. The number of aromatic hydroxyl groups is 1. The van der Waals surface area contributed by atoms with Crippen molar-refractivity contribution in [2.75, 3.05) is 0 Å². The van der Waals surface area contributed by atoms with Crippen molar-refractivity contribution in [3.63, 3.8) is 0 Å². The summed E-state index contributed by atoms with van der Waals surface area (Å²) in [5.74, 6) is 0.243. The molecule has 0 amide bonds. The molecule has 0 spiro atoms. The third kappa shape index (κ3) is 2.99. The van der Waals surface area contributed by atoms with E-state index in [1.165, 1.54) is 0 Å². The van der Waals surface area contributed by atoms with E-state index in [0.717, 1.165) is 27.4 Å². The Kier molecular flexibility index (Phi) is 3.74. The van der Waals surface area contributed by atoms with E-state index in [9.17, 15) is 9.90 Å². The second-order valence-electron chi connectivity index (χ2n) is 5.92. The van der Waals surface area contributed by atoms with E-state index < -0.39 is 0 Å². The molecular weight excluding hydrogens is 314 g/mol. The normalized spacial score (nSPS) is 13.0. The van der Waals surface area contributed by atoms with Crippen molar-refractivity contribution in [3.8, 4) is 5.75 Å². The first-order valence-electron chi connectivity index (χ1n) is 8.03. The summed E-state index contributed by atoms with van der Waals surface area (Å²) >= 11 is 0. The van der Waals surface area contributed by atoms with Crippen molar-refractivity contribution in [1.29, 1.82) is 0 Å². The first-order valence-corrected chi connectivity index (χ1v) is 8.03. The third-order valence-corrected chi connectivity index (χ3v) is 4.24. The number of fused-ring (bicyclic) bond motifs is 1. The molecule has 4 aromatic rings. The topological polar surface area (TPSA) is 84.7 Å². The highest BCUT2D eigenvalue weighted by Gasteiger charge is 2.02. The third-order valence-electron chi connectivity index (χ3n) is 4.24. The average Bonchev–Trinajstić information content (AvgIpc) is 3.20. The van der Waals surface area contributed by atoms with E-state index in [-0.39, 0.29) is 11.3 Å². The van der Waals surface area contributed by atoms with Gasteiger partial charge in [-0.2, -0.15) is 0 Å². The van der Waals surface area contributed by atoms with Crippen LogP contribution in [-0.2, 0) is 6.42 Å². The summed E-state index contributed by atoms with van der Waals surface area (Å²) in [6.45, 7) is 0. The van der Waals surface area contributed by atoms with Gasteiger partial charge in [0.15, 0.2) is 0 Å². The Morgan fingerprint density at radius 1 is 1.00 bits per heavy atom. The molecule has 0 bridgehead atoms. The lowest BCUT2D eigenvalue weighted by Crippen LogP contribution is -2.33. The van der Waals surface area contributed by atoms with Crippen molar-refractivity contribution in [2.24, 2.45) is 0 Å². The van der Waals surface area contributed by atoms with Gasteiger partial charge in [0.2, 0.25) is 0 Å². The van der Waals surface area contributed by atoms with Crippen LogP contribution in [0.2, 0.25) is 0 Å². The second kappa shape index (κ2) is 6.20. The fraction of sp³-hybridized carbons (Fsp3) is 0.0500. The molecule has 4 N–H and O–H groups in total. The molecule has 0 radical (unpaired) electrons. The maximum Gasteiger partial charge on any atom is 0.271 e. The van der Waals surface area contributed by atoms with Gasteiger partial charge in [-0.05, 0) is 36.3 Å². The zero-order valence-corrected chi connectivity index (χ0v) is 13.4. The van der Waals surface area contributed by atoms with Crippen LogP contribution in [0.25, 0.3) is 23.1 Å². The fourth-order valence-electron chi connectivity index (χ4n) is 2.91. The molecule has 0 fully saturated rings. The van der Waals surface area contributed by atoms with Crippen molar-refractivity contribution in [1.82, 2.24) is 15.2 Å². The van der Waals surface area contributed by atoms with Crippen LogP contribution in [0.3, 0.4) is 0 Å². The molecular formula is C20H17N3O2. The number of phenols is 1. The van der Waals surface area contributed by atoms with Crippen LogP contribution < -0.4 is 16.1 Å². The Labute approximate surface area is 143 Å². The maximum absolute atomic E-state index is 12.2. The Morgan fingerprint density at radius 2 is 1.80 bits per heavy atom. The molecule has 5 heteroatoms. The molecule has 0 aliphatic carbocycles. The van der Waals surface area contributed by atoms with E-state index in [1.54, 1.807) is 12.1 Å². The van der Waals surface area contributed by atoms with Gasteiger partial charge in [0.1, 0.15) is 5.75 Å². The highest BCUT2D eigenvalue weighted by Crippen LogP contribution is 2.17. The van der Waals surface area contributed by atoms with Crippen LogP contribution in [0, 0.1) is 0 Å². The number of para-hydroxylation sites is 1. The monoisotopic (exact) mass is 331 g/mol. The van der Waals surface area contributed by atoms with Gasteiger partial charge < -0.3 is 10.1 Å². The van der Waals surface area contributed by atoms with Crippen LogP contribution in [0.1, 0.15) is 11.1 Å². The lowest BCUT2D eigenvalue weighted by atomic mass is 10.1. The average molecular weight is 331 g/mol.